The van der Waals surface area contributed by atoms with E-state index in [9.17, 15) is 4.79 Å². The molecule has 102 valence electrons. The van der Waals surface area contributed by atoms with E-state index >= 15 is 0 Å². The molecule has 1 atom stereocenters. The van der Waals surface area contributed by atoms with Crippen molar-refractivity contribution in [3.63, 3.8) is 0 Å². The minimum absolute atomic E-state index is 0. The number of rotatable bonds is 4. The Morgan fingerprint density at radius 3 is 2.63 bits per heavy atom. The van der Waals surface area contributed by atoms with Gasteiger partial charge in [-0.1, -0.05) is 12.1 Å². The Balaban J connectivity index is 0.00000180. The Morgan fingerprint density at radius 2 is 2.11 bits per heavy atom. The van der Waals surface area contributed by atoms with Crippen molar-refractivity contribution in [1.29, 1.82) is 0 Å². The third-order valence-electron chi connectivity index (χ3n) is 2.66. The zero-order chi connectivity index (χ0) is 13.0. The number of hydrogen-bond donors (Lipinski definition) is 1. The molecule has 0 unspecified atom stereocenters. The third-order valence-corrected chi connectivity index (χ3v) is 2.66. The standard InChI is InChI=1S/C13H15N3O2.ClH/c1-18-13(17)12(14)9-10-3-5-11(6-4-10)16-8-2-7-15-16;/h2-8,12H,9,14H2,1H3;1H/t12-;/m0./s1. The van der Waals surface area contributed by atoms with E-state index in [-0.39, 0.29) is 12.4 Å². The zero-order valence-corrected chi connectivity index (χ0v) is 11.3. The van der Waals surface area contributed by atoms with E-state index in [2.05, 4.69) is 9.84 Å². The fourth-order valence-corrected chi connectivity index (χ4v) is 1.69. The maximum atomic E-state index is 11.2. The lowest BCUT2D eigenvalue weighted by Gasteiger charge is -2.09. The summed E-state index contributed by atoms with van der Waals surface area (Å²) in [4.78, 5) is 11.2. The topological polar surface area (TPSA) is 70.1 Å². The molecule has 5 nitrogen and oxygen atoms in total. The predicted molar refractivity (Wildman–Crippen MR) is 74.5 cm³/mol. The summed E-state index contributed by atoms with van der Waals surface area (Å²) in [5.41, 5.74) is 7.66. The first-order valence-electron chi connectivity index (χ1n) is 5.63. The number of nitrogens with zero attached hydrogens (tertiary/aromatic N) is 2. The summed E-state index contributed by atoms with van der Waals surface area (Å²) < 4.78 is 6.36. The quantitative estimate of drug-likeness (QED) is 0.859. The molecule has 0 spiro atoms. The molecule has 2 rings (SSSR count). The number of methoxy groups -OCH3 is 1. The van der Waals surface area contributed by atoms with Crippen LogP contribution in [0.5, 0.6) is 0 Å². The molecule has 1 aromatic carbocycles. The largest absolute Gasteiger partial charge is 0.468 e. The van der Waals surface area contributed by atoms with Crippen LogP contribution < -0.4 is 5.73 Å². The van der Waals surface area contributed by atoms with Crippen LogP contribution in [-0.2, 0) is 16.0 Å². The lowest BCUT2D eigenvalue weighted by molar-refractivity contribution is -0.142. The maximum Gasteiger partial charge on any atom is 0.322 e. The van der Waals surface area contributed by atoms with Crippen LogP contribution >= 0.6 is 12.4 Å². The van der Waals surface area contributed by atoms with Gasteiger partial charge in [-0.15, -0.1) is 12.4 Å². The molecule has 0 aliphatic carbocycles. The molecule has 1 heterocycles. The normalized spacial score (nSPS) is 11.5. The van der Waals surface area contributed by atoms with Crippen LogP contribution in [0.1, 0.15) is 5.56 Å². The smallest absolute Gasteiger partial charge is 0.322 e. The molecule has 1 aromatic heterocycles. The fourth-order valence-electron chi connectivity index (χ4n) is 1.69. The molecule has 0 saturated carbocycles. The van der Waals surface area contributed by atoms with Crippen LogP contribution in [0.15, 0.2) is 42.7 Å². The number of halogens is 1. The van der Waals surface area contributed by atoms with Gasteiger partial charge in [0.2, 0.25) is 0 Å². The first kappa shape index (κ1) is 15.2. The number of esters is 1. The molecule has 0 amide bonds. The zero-order valence-electron chi connectivity index (χ0n) is 10.5. The van der Waals surface area contributed by atoms with Gasteiger partial charge in [0.25, 0.3) is 0 Å². The van der Waals surface area contributed by atoms with Crippen molar-refractivity contribution < 1.29 is 9.53 Å². The molecule has 19 heavy (non-hydrogen) atoms. The number of benzene rings is 1. The molecule has 2 N–H and O–H groups in total. The molecule has 0 aliphatic heterocycles. The summed E-state index contributed by atoms with van der Waals surface area (Å²) in [6, 6.07) is 8.98. The summed E-state index contributed by atoms with van der Waals surface area (Å²) in [7, 11) is 1.34. The van der Waals surface area contributed by atoms with E-state index in [1.54, 1.807) is 10.9 Å². The van der Waals surface area contributed by atoms with Gasteiger partial charge in [0.05, 0.1) is 12.8 Å². The van der Waals surface area contributed by atoms with Gasteiger partial charge in [-0.25, -0.2) is 4.68 Å². The first-order chi connectivity index (χ1) is 8.70. The SMILES string of the molecule is COC(=O)[C@@H](N)Cc1ccc(-n2cccn2)cc1.Cl. The highest BCUT2D eigenvalue weighted by Crippen LogP contribution is 2.10. The van der Waals surface area contributed by atoms with Crippen molar-refractivity contribution in [2.24, 2.45) is 5.73 Å². The molecule has 2 aromatic rings. The van der Waals surface area contributed by atoms with Crippen LogP contribution in [-0.4, -0.2) is 28.9 Å². The van der Waals surface area contributed by atoms with Crippen molar-refractivity contribution in [2.45, 2.75) is 12.5 Å². The van der Waals surface area contributed by atoms with Gasteiger partial charge < -0.3 is 10.5 Å². The van der Waals surface area contributed by atoms with E-state index in [0.29, 0.717) is 6.42 Å². The summed E-state index contributed by atoms with van der Waals surface area (Å²) in [5, 5.41) is 4.14. The van der Waals surface area contributed by atoms with E-state index in [4.69, 9.17) is 5.73 Å². The molecule has 0 fully saturated rings. The highest BCUT2D eigenvalue weighted by atomic mass is 35.5. The minimum atomic E-state index is -0.620. The lowest BCUT2D eigenvalue weighted by atomic mass is 10.1. The second-order valence-corrected chi connectivity index (χ2v) is 3.95. The number of carbonyl (C=O) groups excluding carboxylic acids is 1. The summed E-state index contributed by atoms with van der Waals surface area (Å²) in [6.07, 6.45) is 4.06. The van der Waals surface area contributed by atoms with Crippen LogP contribution in [0.25, 0.3) is 5.69 Å². The Labute approximate surface area is 117 Å². The van der Waals surface area contributed by atoms with E-state index < -0.39 is 12.0 Å². The van der Waals surface area contributed by atoms with Crippen molar-refractivity contribution in [3.05, 3.63) is 48.3 Å². The monoisotopic (exact) mass is 281 g/mol. The summed E-state index contributed by atoms with van der Waals surface area (Å²) in [5.74, 6) is -0.397. The molecular weight excluding hydrogens is 266 g/mol. The third kappa shape index (κ3) is 3.81. The van der Waals surface area contributed by atoms with Gasteiger partial charge in [-0.2, -0.15) is 5.10 Å². The van der Waals surface area contributed by atoms with Crippen molar-refractivity contribution in [3.8, 4) is 5.69 Å². The van der Waals surface area contributed by atoms with E-state index in [1.807, 2.05) is 36.5 Å². The average molecular weight is 282 g/mol. The minimum Gasteiger partial charge on any atom is -0.468 e. The van der Waals surface area contributed by atoms with Crippen molar-refractivity contribution in [1.82, 2.24) is 9.78 Å². The van der Waals surface area contributed by atoms with Crippen molar-refractivity contribution >= 4 is 18.4 Å². The molecule has 6 heteroatoms. The van der Waals surface area contributed by atoms with E-state index in [1.165, 1.54) is 7.11 Å². The number of aromatic nitrogens is 2. The number of ether oxygens (including phenoxy) is 1. The first-order valence-corrected chi connectivity index (χ1v) is 5.63. The number of nitrogens with two attached hydrogens (primary N) is 1. The van der Waals surface area contributed by atoms with Gasteiger partial charge >= 0.3 is 5.97 Å². The van der Waals surface area contributed by atoms with Gasteiger partial charge in [-0.05, 0) is 30.2 Å². The molecule has 0 saturated heterocycles. The molecule has 0 aliphatic rings. The Bertz CT molecular complexity index is 511. The molecule has 0 bridgehead atoms. The van der Waals surface area contributed by atoms with Gasteiger partial charge in [0.15, 0.2) is 0 Å². The van der Waals surface area contributed by atoms with Crippen LogP contribution in [0.4, 0.5) is 0 Å². The lowest BCUT2D eigenvalue weighted by Crippen LogP contribution is -2.33. The summed E-state index contributed by atoms with van der Waals surface area (Å²) in [6.45, 7) is 0. The van der Waals surface area contributed by atoms with E-state index in [0.717, 1.165) is 11.3 Å². The number of hydrogen-bond acceptors (Lipinski definition) is 4. The van der Waals surface area contributed by atoms with Crippen LogP contribution in [0, 0.1) is 0 Å². The second kappa shape index (κ2) is 6.92. The van der Waals surface area contributed by atoms with Crippen LogP contribution in [0.3, 0.4) is 0 Å². The molecular formula is C13H16ClN3O2. The Morgan fingerprint density at radius 1 is 1.42 bits per heavy atom. The van der Waals surface area contributed by atoms with Gasteiger partial charge in [-0.3, -0.25) is 4.79 Å². The highest BCUT2D eigenvalue weighted by molar-refractivity contribution is 5.85. The highest BCUT2D eigenvalue weighted by Gasteiger charge is 2.13. The average Bonchev–Trinajstić information content (AvgIpc) is 2.92. The Kier molecular flexibility index (Phi) is 5.54. The van der Waals surface area contributed by atoms with Crippen molar-refractivity contribution in [2.75, 3.05) is 7.11 Å². The predicted octanol–water partition coefficient (Wildman–Crippen LogP) is 1.34. The Hall–Kier alpha value is -1.85. The van der Waals surface area contributed by atoms with Gasteiger partial charge in [0, 0.05) is 12.4 Å². The fraction of sp³-hybridized carbons (Fsp3) is 0.231. The molecule has 0 radical (unpaired) electrons. The maximum absolute atomic E-state index is 11.2. The number of carbonyl (C=O) groups is 1. The summed E-state index contributed by atoms with van der Waals surface area (Å²) >= 11 is 0. The second-order valence-electron chi connectivity index (χ2n) is 3.95. The van der Waals surface area contributed by atoms with Crippen LogP contribution in [0.2, 0.25) is 0 Å². The van der Waals surface area contributed by atoms with Gasteiger partial charge in [0.1, 0.15) is 6.04 Å².